The summed E-state index contributed by atoms with van der Waals surface area (Å²) in [5.41, 5.74) is 1.64. The van der Waals surface area contributed by atoms with Crippen LogP contribution in [0.25, 0.3) is 6.08 Å². The van der Waals surface area contributed by atoms with Crippen LogP contribution in [0.1, 0.15) is 31.2 Å². The summed E-state index contributed by atoms with van der Waals surface area (Å²) < 4.78 is 0.585. The summed E-state index contributed by atoms with van der Waals surface area (Å²) in [5.74, 6) is 0.0540. The van der Waals surface area contributed by atoms with E-state index < -0.39 is 0 Å². The molecule has 2 N–H and O–H groups in total. The monoisotopic (exact) mass is 426 g/mol. The molecule has 0 aromatic heterocycles. The number of nitrogens with one attached hydrogen (secondary N) is 1. The van der Waals surface area contributed by atoms with Crippen LogP contribution < -0.4 is 5.32 Å². The highest BCUT2D eigenvalue weighted by Gasteiger charge is 2.31. The minimum absolute atomic E-state index is 0.0473. The van der Waals surface area contributed by atoms with Gasteiger partial charge in [-0.3, -0.25) is 14.5 Å². The van der Waals surface area contributed by atoms with Crippen molar-refractivity contribution in [3.8, 4) is 5.75 Å². The van der Waals surface area contributed by atoms with Crippen LogP contribution in [0.3, 0.4) is 0 Å². The molecule has 0 saturated carbocycles. The second kappa shape index (κ2) is 10.2. The summed E-state index contributed by atoms with van der Waals surface area (Å²) in [4.78, 5) is 26.8. The standard InChI is InChI=1S/C22H22N2O3S2/c25-18-12-10-17(11-13-18)23-20(26)9-5-2-6-14-24-21(27)19(29-22(24)28)15-16-7-3-1-4-8-16/h1,3-4,7-8,10-13,15,25H,2,5-6,9,14H2,(H,23,26). The fourth-order valence-electron chi connectivity index (χ4n) is 2.89. The number of nitrogens with zero attached hydrogens (tertiary/aromatic N) is 1. The molecule has 1 aliphatic rings. The van der Waals surface area contributed by atoms with Gasteiger partial charge in [-0.1, -0.05) is 60.7 Å². The van der Waals surface area contributed by atoms with E-state index in [-0.39, 0.29) is 17.6 Å². The van der Waals surface area contributed by atoms with E-state index in [0.717, 1.165) is 24.8 Å². The molecular formula is C22H22N2O3S2. The molecule has 1 fully saturated rings. The Morgan fingerprint density at radius 2 is 1.79 bits per heavy atom. The lowest BCUT2D eigenvalue weighted by molar-refractivity contribution is -0.122. The van der Waals surface area contributed by atoms with Crippen molar-refractivity contribution in [3.05, 3.63) is 65.1 Å². The summed E-state index contributed by atoms with van der Waals surface area (Å²) in [6.07, 6.45) is 4.63. The molecule has 1 aliphatic heterocycles. The smallest absolute Gasteiger partial charge is 0.266 e. The van der Waals surface area contributed by atoms with E-state index in [9.17, 15) is 14.7 Å². The molecule has 1 heterocycles. The second-order valence-electron chi connectivity index (χ2n) is 6.65. The van der Waals surface area contributed by atoms with Gasteiger partial charge in [0.05, 0.1) is 4.91 Å². The number of benzene rings is 2. The number of aromatic hydroxyl groups is 1. The maximum atomic E-state index is 12.6. The van der Waals surface area contributed by atoms with Crippen molar-refractivity contribution < 1.29 is 14.7 Å². The van der Waals surface area contributed by atoms with Crippen molar-refractivity contribution >= 4 is 51.9 Å². The molecule has 0 bridgehead atoms. The van der Waals surface area contributed by atoms with Crippen LogP contribution in [0.2, 0.25) is 0 Å². The first-order chi connectivity index (χ1) is 14.0. The summed E-state index contributed by atoms with van der Waals surface area (Å²) >= 11 is 6.69. The number of hydrogen-bond acceptors (Lipinski definition) is 5. The third kappa shape index (κ3) is 6.17. The van der Waals surface area contributed by atoms with Crippen LogP contribution in [0, 0.1) is 0 Å². The van der Waals surface area contributed by atoms with Crippen molar-refractivity contribution in [1.82, 2.24) is 4.90 Å². The van der Waals surface area contributed by atoms with Gasteiger partial charge in [0.25, 0.3) is 5.91 Å². The van der Waals surface area contributed by atoms with E-state index in [1.54, 1.807) is 17.0 Å². The first-order valence-corrected chi connectivity index (χ1v) is 10.6. The van der Waals surface area contributed by atoms with Crippen LogP contribution in [0.15, 0.2) is 59.5 Å². The fraction of sp³-hybridized carbons (Fsp3) is 0.227. The zero-order valence-electron chi connectivity index (χ0n) is 15.8. The van der Waals surface area contributed by atoms with E-state index >= 15 is 0 Å². The average molecular weight is 427 g/mol. The highest BCUT2D eigenvalue weighted by atomic mass is 32.2. The van der Waals surface area contributed by atoms with E-state index in [1.165, 1.54) is 23.9 Å². The number of anilines is 1. The third-order valence-electron chi connectivity index (χ3n) is 4.41. The molecule has 0 atom stereocenters. The molecule has 7 heteroatoms. The van der Waals surface area contributed by atoms with Crippen molar-refractivity contribution in [2.24, 2.45) is 0 Å². The number of thioether (sulfide) groups is 1. The molecule has 0 unspecified atom stereocenters. The number of unbranched alkanes of at least 4 members (excludes halogenated alkanes) is 2. The minimum atomic E-state index is -0.0629. The Balaban J connectivity index is 1.39. The highest BCUT2D eigenvalue weighted by molar-refractivity contribution is 8.26. The quantitative estimate of drug-likeness (QED) is 0.275. The number of carbonyl (C=O) groups is 2. The number of amides is 2. The van der Waals surface area contributed by atoms with E-state index in [0.29, 0.717) is 27.9 Å². The Labute approximate surface area is 179 Å². The van der Waals surface area contributed by atoms with Gasteiger partial charge >= 0.3 is 0 Å². The van der Waals surface area contributed by atoms with E-state index in [2.05, 4.69) is 5.32 Å². The van der Waals surface area contributed by atoms with Gasteiger partial charge in [-0.15, -0.1) is 0 Å². The molecule has 2 aromatic rings. The number of phenols is 1. The van der Waals surface area contributed by atoms with E-state index in [4.69, 9.17) is 12.2 Å². The number of phenolic OH excluding ortho intramolecular Hbond substituents is 1. The average Bonchev–Trinajstić information content (AvgIpc) is 2.97. The lowest BCUT2D eigenvalue weighted by atomic mass is 10.1. The number of carbonyl (C=O) groups excluding carboxylic acids is 2. The van der Waals surface area contributed by atoms with Crippen LogP contribution in [-0.4, -0.2) is 32.7 Å². The third-order valence-corrected chi connectivity index (χ3v) is 5.79. The molecule has 150 valence electrons. The Bertz CT molecular complexity index is 911. The number of hydrogen-bond donors (Lipinski definition) is 2. The van der Waals surface area contributed by atoms with Crippen molar-refractivity contribution in [2.45, 2.75) is 25.7 Å². The van der Waals surface area contributed by atoms with Gasteiger partial charge < -0.3 is 10.4 Å². The Kier molecular flexibility index (Phi) is 7.43. The van der Waals surface area contributed by atoms with Crippen LogP contribution >= 0.6 is 24.0 Å². The summed E-state index contributed by atoms with van der Waals surface area (Å²) in [6, 6.07) is 16.1. The SMILES string of the molecule is O=C(CCCCCN1C(=O)C(=Cc2ccccc2)SC1=S)Nc1ccc(O)cc1. The summed E-state index contributed by atoms with van der Waals surface area (Å²) in [7, 11) is 0. The first-order valence-electron chi connectivity index (χ1n) is 9.42. The summed E-state index contributed by atoms with van der Waals surface area (Å²) in [6.45, 7) is 0.566. The topological polar surface area (TPSA) is 69.6 Å². The lowest BCUT2D eigenvalue weighted by Crippen LogP contribution is -2.29. The van der Waals surface area contributed by atoms with Crippen molar-refractivity contribution in [3.63, 3.8) is 0 Å². The molecule has 2 amide bonds. The highest BCUT2D eigenvalue weighted by Crippen LogP contribution is 2.32. The number of rotatable bonds is 8. The van der Waals surface area contributed by atoms with Gasteiger partial charge in [0, 0.05) is 18.7 Å². The molecule has 0 spiro atoms. The van der Waals surface area contributed by atoms with Gasteiger partial charge in [0.15, 0.2) is 0 Å². The zero-order valence-corrected chi connectivity index (χ0v) is 17.5. The Hall–Kier alpha value is -2.64. The molecule has 3 rings (SSSR count). The van der Waals surface area contributed by atoms with Gasteiger partial charge in [-0.25, -0.2) is 0 Å². The van der Waals surface area contributed by atoms with Crippen molar-refractivity contribution in [2.75, 3.05) is 11.9 Å². The van der Waals surface area contributed by atoms with E-state index in [1.807, 2.05) is 36.4 Å². The van der Waals surface area contributed by atoms with Crippen molar-refractivity contribution in [1.29, 1.82) is 0 Å². The Morgan fingerprint density at radius 1 is 1.07 bits per heavy atom. The van der Waals surface area contributed by atoms with Gasteiger partial charge in [-0.2, -0.15) is 0 Å². The van der Waals surface area contributed by atoms with Crippen LogP contribution in [0.5, 0.6) is 5.75 Å². The predicted octanol–water partition coefficient (Wildman–Crippen LogP) is 4.79. The van der Waals surface area contributed by atoms with Crippen LogP contribution in [-0.2, 0) is 9.59 Å². The molecule has 0 radical (unpaired) electrons. The largest absolute Gasteiger partial charge is 0.508 e. The minimum Gasteiger partial charge on any atom is -0.508 e. The maximum absolute atomic E-state index is 12.6. The Morgan fingerprint density at radius 3 is 2.52 bits per heavy atom. The predicted molar refractivity (Wildman–Crippen MR) is 122 cm³/mol. The zero-order chi connectivity index (χ0) is 20.6. The second-order valence-corrected chi connectivity index (χ2v) is 8.33. The summed E-state index contributed by atoms with van der Waals surface area (Å²) in [5, 5.41) is 12.1. The normalized spacial score (nSPS) is 15.2. The molecule has 1 saturated heterocycles. The molecular weight excluding hydrogens is 404 g/mol. The van der Waals surface area contributed by atoms with Gasteiger partial charge in [0.2, 0.25) is 5.91 Å². The van der Waals surface area contributed by atoms with Crippen LogP contribution in [0.4, 0.5) is 5.69 Å². The van der Waals surface area contributed by atoms with Gasteiger partial charge in [-0.05, 0) is 48.7 Å². The molecule has 2 aromatic carbocycles. The first kappa shape index (κ1) is 21.1. The molecule has 0 aliphatic carbocycles. The van der Waals surface area contributed by atoms with Gasteiger partial charge in [0.1, 0.15) is 10.1 Å². The number of thiocarbonyl (C=S) groups is 1. The maximum Gasteiger partial charge on any atom is 0.266 e. The lowest BCUT2D eigenvalue weighted by Gasteiger charge is -2.14. The molecule has 29 heavy (non-hydrogen) atoms. The fourth-order valence-corrected chi connectivity index (χ4v) is 4.20. The molecule has 5 nitrogen and oxygen atoms in total.